The SMILES string of the molecule is CS(=O)(=O)O/N=C/c1ccc(C(F)(F)F)cc1. The minimum atomic E-state index is -4.40. The van der Waals surface area contributed by atoms with Crippen molar-refractivity contribution >= 4 is 16.3 Å². The topological polar surface area (TPSA) is 55.7 Å². The van der Waals surface area contributed by atoms with E-state index < -0.39 is 21.9 Å². The van der Waals surface area contributed by atoms with Crippen molar-refractivity contribution in [1.82, 2.24) is 0 Å². The molecule has 0 bridgehead atoms. The van der Waals surface area contributed by atoms with Crippen molar-refractivity contribution < 1.29 is 25.9 Å². The number of alkyl halides is 3. The van der Waals surface area contributed by atoms with Gasteiger partial charge in [0.15, 0.2) is 0 Å². The van der Waals surface area contributed by atoms with E-state index >= 15 is 0 Å². The van der Waals surface area contributed by atoms with Crippen LogP contribution in [-0.2, 0) is 20.6 Å². The van der Waals surface area contributed by atoms with E-state index in [9.17, 15) is 21.6 Å². The molecule has 0 atom stereocenters. The Balaban J connectivity index is 2.76. The first-order valence-corrected chi connectivity index (χ1v) is 6.09. The van der Waals surface area contributed by atoms with Crippen molar-refractivity contribution in [2.45, 2.75) is 6.18 Å². The lowest BCUT2D eigenvalue weighted by molar-refractivity contribution is -0.137. The summed E-state index contributed by atoms with van der Waals surface area (Å²) in [5.74, 6) is 0. The molecule has 1 aromatic rings. The van der Waals surface area contributed by atoms with E-state index in [4.69, 9.17) is 0 Å². The normalized spacial score (nSPS) is 12.9. The number of rotatable bonds is 3. The van der Waals surface area contributed by atoms with Gasteiger partial charge < -0.3 is 0 Å². The first kappa shape index (κ1) is 13.5. The largest absolute Gasteiger partial charge is 0.416 e. The maximum atomic E-state index is 12.2. The van der Waals surface area contributed by atoms with E-state index in [1.165, 1.54) is 0 Å². The molecule has 0 aliphatic rings. The van der Waals surface area contributed by atoms with Gasteiger partial charge in [-0.25, -0.2) is 0 Å². The smallest absolute Gasteiger partial charge is 0.269 e. The zero-order chi connectivity index (χ0) is 13.1. The summed E-state index contributed by atoms with van der Waals surface area (Å²) in [6.45, 7) is 0. The molecule has 0 spiro atoms. The van der Waals surface area contributed by atoms with Gasteiger partial charge in [-0.3, -0.25) is 4.28 Å². The summed E-state index contributed by atoms with van der Waals surface area (Å²) >= 11 is 0. The van der Waals surface area contributed by atoms with Crippen molar-refractivity contribution in [1.29, 1.82) is 0 Å². The fourth-order valence-electron chi connectivity index (χ4n) is 0.919. The summed E-state index contributed by atoms with van der Waals surface area (Å²) < 4.78 is 61.7. The average Bonchev–Trinajstić information content (AvgIpc) is 2.15. The summed E-state index contributed by atoms with van der Waals surface area (Å²) in [7, 11) is -3.70. The Morgan fingerprint density at radius 1 is 1.24 bits per heavy atom. The Morgan fingerprint density at radius 3 is 2.18 bits per heavy atom. The maximum Gasteiger partial charge on any atom is 0.416 e. The highest BCUT2D eigenvalue weighted by molar-refractivity contribution is 7.85. The van der Waals surface area contributed by atoms with E-state index in [0.717, 1.165) is 36.7 Å². The van der Waals surface area contributed by atoms with Crippen molar-refractivity contribution in [2.24, 2.45) is 5.16 Å². The van der Waals surface area contributed by atoms with E-state index in [1.54, 1.807) is 0 Å². The lowest BCUT2D eigenvalue weighted by Gasteiger charge is -2.05. The highest BCUT2D eigenvalue weighted by atomic mass is 32.2. The second kappa shape index (κ2) is 4.74. The monoisotopic (exact) mass is 267 g/mol. The zero-order valence-corrected chi connectivity index (χ0v) is 9.42. The molecule has 0 heterocycles. The van der Waals surface area contributed by atoms with E-state index in [-0.39, 0.29) is 0 Å². The molecule has 0 saturated carbocycles. The van der Waals surface area contributed by atoms with Gasteiger partial charge in [0.05, 0.1) is 18.0 Å². The van der Waals surface area contributed by atoms with E-state index in [2.05, 4.69) is 9.44 Å². The molecule has 8 heteroatoms. The quantitative estimate of drug-likeness (QED) is 0.622. The number of nitrogens with zero attached hydrogens (tertiary/aromatic N) is 1. The van der Waals surface area contributed by atoms with Crippen LogP contribution in [0.4, 0.5) is 13.2 Å². The number of halogens is 3. The maximum absolute atomic E-state index is 12.2. The van der Waals surface area contributed by atoms with Crippen molar-refractivity contribution in [3.05, 3.63) is 35.4 Å². The molecule has 1 aromatic carbocycles. The molecular formula is C9H8F3NO3S. The molecular weight excluding hydrogens is 259 g/mol. The summed E-state index contributed by atoms with van der Waals surface area (Å²) in [4.78, 5) is 0. The van der Waals surface area contributed by atoms with Gasteiger partial charge in [-0.05, 0) is 17.7 Å². The van der Waals surface area contributed by atoms with Gasteiger partial charge >= 0.3 is 16.3 Å². The minimum absolute atomic E-state index is 0.293. The molecule has 0 aliphatic heterocycles. The third-order valence-corrected chi connectivity index (χ3v) is 1.98. The molecule has 1 rings (SSSR count). The van der Waals surface area contributed by atoms with Gasteiger partial charge in [0, 0.05) is 0 Å². The van der Waals surface area contributed by atoms with Crippen LogP contribution in [0.25, 0.3) is 0 Å². The molecule has 0 radical (unpaired) electrons. The summed E-state index contributed by atoms with van der Waals surface area (Å²) in [6.07, 6.45) is -2.60. The lowest BCUT2D eigenvalue weighted by Crippen LogP contribution is -2.04. The number of oxime groups is 1. The highest BCUT2D eigenvalue weighted by Crippen LogP contribution is 2.28. The molecule has 0 saturated heterocycles. The van der Waals surface area contributed by atoms with Crippen LogP contribution in [0.15, 0.2) is 29.4 Å². The van der Waals surface area contributed by atoms with Gasteiger partial charge in [-0.2, -0.15) is 21.6 Å². The number of hydrogen-bond acceptors (Lipinski definition) is 4. The van der Waals surface area contributed by atoms with Crippen LogP contribution in [0.3, 0.4) is 0 Å². The van der Waals surface area contributed by atoms with Crippen LogP contribution in [0.2, 0.25) is 0 Å². The minimum Gasteiger partial charge on any atom is -0.269 e. The Morgan fingerprint density at radius 2 is 1.76 bits per heavy atom. The lowest BCUT2D eigenvalue weighted by atomic mass is 10.1. The Hall–Kier alpha value is -1.57. The predicted octanol–water partition coefficient (Wildman–Crippen LogP) is 2.02. The van der Waals surface area contributed by atoms with Gasteiger partial charge in [0.25, 0.3) is 0 Å². The van der Waals surface area contributed by atoms with E-state index in [1.807, 2.05) is 0 Å². The third kappa shape index (κ3) is 4.85. The summed E-state index contributed by atoms with van der Waals surface area (Å²) in [6, 6.07) is 4.03. The second-order valence-corrected chi connectivity index (χ2v) is 4.69. The van der Waals surface area contributed by atoms with Crippen molar-refractivity contribution in [2.75, 3.05) is 6.26 Å². The van der Waals surface area contributed by atoms with Crippen LogP contribution >= 0.6 is 0 Å². The second-order valence-electron chi connectivity index (χ2n) is 3.13. The molecule has 0 unspecified atom stereocenters. The van der Waals surface area contributed by atoms with Crippen LogP contribution < -0.4 is 0 Å². The van der Waals surface area contributed by atoms with Gasteiger partial charge in [0.1, 0.15) is 0 Å². The standard InChI is InChI=1S/C9H8F3NO3S/c1-17(14,15)16-13-6-7-2-4-8(5-3-7)9(10,11)12/h2-6H,1H3/b13-6+. The number of hydrogen-bond donors (Lipinski definition) is 0. The third-order valence-electron chi connectivity index (χ3n) is 1.62. The average molecular weight is 267 g/mol. The van der Waals surface area contributed by atoms with Gasteiger partial charge in [-0.15, -0.1) is 0 Å². The first-order valence-electron chi connectivity index (χ1n) is 4.28. The molecule has 0 amide bonds. The highest BCUT2D eigenvalue weighted by Gasteiger charge is 2.29. The van der Waals surface area contributed by atoms with Gasteiger partial charge in [-0.1, -0.05) is 17.3 Å². The predicted molar refractivity (Wildman–Crippen MR) is 55.0 cm³/mol. The molecule has 0 N–H and O–H groups in total. The van der Waals surface area contributed by atoms with Crippen LogP contribution in [-0.4, -0.2) is 20.9 Å². The van der Waals surface area contributed by atoms with E-state index in [0.29, 0.717) is 5.56 Å². The van der Waals surface area contributed by atoms with Crippen molar-refractivity contribution in [3.63, 3.8) is 0 Å². The Kier molecular flexibility index (Phi) is 3.76. The molecule has 4 nitrogen and oxygen atoms in total. The van der Waals surface area contributed by atoms with Crippen LogP contribution in [0, 0.1) is 0 Å². The fourth-order valence-corrected chi connectivity index (χ4v) is 1.12. The molecule has 0 fully saturated rings. The molecule has 0 aliphatic carbocycles. The molecule has 94 valence electrons. The molecule has 0 aromatic heterocycles. The Labute approximate surface area is 95.8 Å². The van der Waals surface area contributed by atoms with Gasteiger partial charge in [0.2, 0.25) is 0 Å². The number of benzene rings is 1. The summed E-state index contributed by atoms with van der Waals surface area (Å²) in [5, 5.41) is 3.11. The fraction of sp³-hybridized carbons (Fsp3) is 0.222. The molecule has 17 heavy (non-hydrogen) atoms. The van der Waals surface area contributed by atoms with Crippen molar-refractivity contribution in [3.8, 4) is 0 Å². The van der Waals surface area contributed by atoms with Crippen LogP contribution in [0.1, 0.15) is 11.1 Å². The summed E-state index contributed by atoms with van der Waals surface area (Å²) in [5.41, 5.74) is -0.500. The Bertz CT molecular complexity index is 505. The zero-order valence-electron chi connectivity index (χ0n) is 8.60. The first-order chi connectivity index (χ1) is 7.68. The van der Waals surface area contributed by atoms with Crippen LogP contribution in [0.5, 0.6) is 0 Å².